The number of carbonyl (C=O) groups is 1. The zero-order valence-corrected chi connectivity index (χ0v) is 14.3. The molecule has 1 aromatic heterocycles. The van der Waals surface area contributed by atoms with Crippen LogP contribution in [0.2, 0.25) is 0 Å². The van der Waals surface area contributed by atoms with Crippen molar-refractivity contribution in [1.29, 1.82) is 0 Å². The summed E-state index contributed by atoms with van der Waals surface area (Å²) in [5.74, 6) is 0.622. The van der Waals surface area contributed by atoms with Crippen LogP contribution in [-0.4, -0.2) is 24.7 Å². The number of amides is 1. The summed E-state index contributed by atoms with van der Waals surface area (Å²) in [6.07, 6.45) is 0.0143. The highest BCUT2D eigenvalue weighted by Gasteiger charge is 2.28. The molecule has 0 saturated heterocycles. The number of ether oxygens (including phenoxy) is 1. The number of rotatable bonds is 6. The second kappa shape index (κ2) is 7.05. The van der Waals surface area contributed by atoms with Crippen LogP contribution in [0.4, 0.5) is 4.39 Å². The molecule has 0 aliphatic carbocycles. The molecule has 0 aliphatic heterocycles. The van der Waals surface area contributed by atoms with Crippen molar-refractivity contribution in [2.45, 2.75) is 32.8 Å². The highest BCUT2D eigenvalue weighted by atomic mass is 19.1. The fourth-order valence-corrected chi connectivity index (χ4v) is 2.60. The van der Waals surface area contributed by atoms with Gasteiger partial charge in [-0.2, -0.15) is 0 Å². The van der Waals surface area contributed by atoms with E-state index in [-0.39, 0.29) is 24.6 Å². The maximum Gasteiger partial charge on any atom is 0.224 e. The Morgan fingerprint density at radius 1 is 1.38 bits per heavy atom. The lowest BCUT2D eigenvalue weighted by Gasteiger charge is -2.23. The summed E-state index contributed by atoms with van der Waals surface area (Å²) in [5.41, 5.74) is -0.0839. The molecule has 0 spiro atoms. The Kier molecular flexibility index (Phi) is 5.29. The SMILES string of the molecule is COc1ccc(CC(=O)NCC(C)(O)c2cc(C)oc2C)cc1F. The largest absolute Gasteiger partial charge is 0.494 e. The van der Waals surface area contributed by atoms with Crippen LogP contribution in [-0.2, 0) is 16.8 Å². The molecule has 6 heteroatoms. The lowest BCUT2D eigenvalue weighted by Crippen LogP contribution is -2.39. The predicted octanol–water partition coefficient (Wildman–Crippen LogP) is 2.61. The standard InChI is InChI=1S/C18H22FNO4/c1-11-7-14(12(2)24-11)18(3,22)10-20-17(21)9-13-5-6-16(23-4)15(19)8-13/h5-8,22H,9-10H2,1-4H3,(H,20,21). The van der Waals surface area contributed by atoms with Gasteiger partial charge in [0.1, 0.15) is 17.1 Å². The molecule has 0 aliphatic rings. The van der Waals surface area contributed by atoms with Gasteiger partial charge in [-0.15, -0.1) is 0 Å². The molecular weight excluding hydrogens is 313 g/mol. The highest BCUT2D eigenvalue weighted by molar-refractivity contribution is 5.78. The van der Waals surface area contributed by atoms with Crippen LogP contribution in [0.25, 0.3) is 0 Å². The van der Waals surface area contributed by atoms with Gasteiger partial charge in [-0.1, -0.05) is 6.07 Å². The van der Waals surface area contributed by atoms with E-state index >= 15 is 0 Å². The Labute approximate surface area is 140 Å². The Balaban J connectivity index is 1.97. The van der Waals surface area contributed by atoms with Gasteiger partial charge in [0, 0.05) is 5.56 Å². The minimum Gasteiger partial charge on any atom is -0.494 e. The van der Waals surface area contributed by atoms with Gasteiger partial charge in [0.25, 0.3) is 0 Å². The number of aliphatic hydroxyl groups is 1. The number of benzene rings is 1. The van der Waals surface area contributed by atoms with Crippen molar-refractivity contribution < 1.29 is 23.4 Å². The number of nitrogens with one attached hydrogen (secondary N) is 1. The lowest BCUT2D eigenvalue weighted by atomic mass is 9.96. The smallest absolute Gasteiger partial charge is 0.224 e. The van der Waals surface area contributed by atoms with Crippen LogP contribution >= 0.6 is 0 Å². The molecular formula is C18H22FNO4. The van der Waals surface area contributed by atoms with Crippen molar-refractivity contribution in [2.75, 3.05) is 13.7 Å². The quantitative estimate of drug-likeness (QED) is 0.851. The number of furan rings is 1. The average Bonchev–Trinajstić information content (AvgIpc) is 2.85. The number of hydrogen-bond donors (Lipinski definition) is 2. The average molecular weight is 335 g/mol. The fourth-order valence-electron chi connectivity index (χ4n) is 2.60. The van der Waals surface area contributed by atoms with Gasteiger partial charge in [0.2, 0.25) is 5.91 Å². The Bertz CT molecular complexity index is 737. The van der Waals surface area contributed by atoms with E-state index in [2.05, 4.69) is 5.32 Å². The van der Waals surface area contributed by atoms with Gasteiger partial charge in [0.15, 0.2) is 11.6 Å². The Morgan fingerprint density at radius 3 is 2.62 bits per heavy atom. The zero-order valence-electron chi connectivity index (χ0n) is 14.3. The summed E-state index contributed by atoms with van der Waals surface area (Å²) in [5, 5.41) is 13.2. The van der Waals surface area contributed by atoms with Crippen molar-refractivity contribution in [3.05, 3.63) is 52.7 Å². The van der Waals surface area contributed by atoms with Gasteiger partial charge in [-0.05, 0) is 44.5 Å². The molecule has 0 radical (unpaired) electrons. The van der Waals surface area contributed by atoms with Crippen molar-refractivity contribution in [3.63, 3.8) is 0 Å². The third kappa shape index (κ3) is 4.14. The first-order chi connectivity index (χ1) is 11.2. The first kappa shape index (κ1) is 18.0. The van der Waals surface area contributed by atoms with Crippen LogP contribution < -0.4 is 10.1 Å². The minimum atomic E-state index is -1.25. The first-order valence-electron chi connectivity index (χ1n) is 7.62. The molecule has 0 fully saturated rings. The van der Waals surface area contributed by atoms with Gasteiger partial charge < -0.3 is 19.6 Å². The maximum absolute atomic E-state index is 13.6. The Morgan fingerprint density at radius 2 is 2.08 bits per heavy atom. The topological polar surface area (TPSA) is 71.7 Å². The van der Waals surface area contributed by atoms with Crippen molar-refractivity contribution in [1.82, 2.24) is 5.32 Å². The van der Waals surface area contributed by atoms with Gasteiger partial charge in [-0.25, -0.2) is 4.39 Å². The second-order valence-corrected chi connectivity index (χ2v) is 6.02. The van der Waals surface area contributed by atoms with E-state index in [1.165, 1.54) is 19.2 Å². The number of carbonyl (C=O) groups excluding carboxylic acids is 1. The van der Waals surface area contributed by atoms with Crippen LogP contribution in [0.15, 0.2) is 28.7 Å². The highest BCUT2D eigenvalue weighted by Crippen LogP contribution is 2.26. The molecule has 1 amide bonds. The summed E-state index contributed by atoms with van der Waals surface area (Å²) in [6, 6.07) is 6.12. The Hall–Kier alpha value is -2.34. The third-order valence-corrected chi connectivity index (χ3v) is 3.83. The monoisotopic (exact) mass is 335 g/mol. The molecule has 2 aromatic rings. The molecule has 24 heavy (non-hydrogen) atoms. The summed E-state index contributed by atoms with van der Waals surface area (Å²) < 4.78 is 23.9. The minimum absolute atomic E-state index is 0.0143. The van der Waals surface area contributed by atoms with E-state index in [1.807, 2.05) is 0 Å². The number of halogens is 1. The van der Waals surface area contributed by atoms with E-state index in [1.54, 1.807) is 32.9 Å². The molecule has 1 heterocycles. The normalized spacial score (nSPS) is 13.4. The fraction of sp³-hybridized carbons (Fsp3) is 0.389. The predicted molar refractivity (Wildman–Crippen MR) is 87.4 cm³/mol. The molecule has 1 unspecified atom stereocenters. The number of hydrogen-bond acceptors (Lipinski definition) is 4. The molecule has 2 N–H and O–H groups in total. The summed E-state index contributed by atoms with van der Waals surface area (Å²) in [7, 11) is 1.38. The molecule has 0 bridgehead atoms. The number of methoxy groups -OCH3 is 1. The third-order valence-electron chi connectivity index (χ3n) is 3.83. The van der Waals surface area contributed by atoms with E-state index < -0.39 is 11.4 Å². The van der Waals surface area contributed by atoms with Crippen LogP contribution in [0.3, 0.4) is 0 Å². The maximum atomic E-state index is 13.6. The van der Waals surface area contributed by atoms with Crippen LogP contribution in [0.5, 0.6) is 5.75 Å². The van der Waals surface area contributed by atoms with Crippen LogP contribution in [0.1, 0.15) is 29.6 Å². The van der Waals surface area contributed by atoms with Gasteiger partial charge >= 0.3 is 0 Å². The van der Waals surface area contributed by atoms with Gasteiger partial charge in [-0.3, -0.25) is 4.79 Å². The molecule has 130 valence electrons. The van der Waals surface area contributed by atoms with Gasteiger partial charge in [0.05, 0.1) is 20.1 Å². The molecule has 0 saturated carbocycles. The summed E-state index contributed by atoms with van der Waals surface area (Å²) in [6.45, 7) is 5.20. The second-order valence-electron chi connectivity index (χ2n) is 6.02. The summed E-state index contributed by atoms with van der Waals surface area (Å²) in [4.78, 5) is 12.0. The lowest BCUT2D eigenvalue weighted by molar-refractivity contribution is -0.121. The van der Waals surface area contributed by atoms with E-state index in [0.717, 1.165) is 0 Å². The zero-order chi connectivity index (χ0) is 17.9. The van der Waals surface area contributed by atoms with Crippen molar-refractivity contribution in [2.24, 2.45) is 0 Å². The first-order valence-corrected chi connectivity index (χ1v) is 7.62. The summed E-state index contributed by atoms with van der Waals surface area (Å²) >= 11 is 0. The number of aryl methyl sites for hydroxylation is 2. The molecule has 1 atom stereocenters. The van der Waals surface area contributed by atoms with Crippen LogP contribution in [0, 0.1) is 19.7 Å². The molecule has 5 nitrogen and oxygen atoms in total. The van der Waals surface area contributed by atoms with Crippen molar-refractivity contribution in [3.8, 4) is 5.75 Å². The van der Waals surface area contributed by atoms with Crippen molar-refractivity contribution >= 4 is 5.91 Å². The van der Waals surface area contributed by atoms with E-state index in [4.69, 9.17) is 9.15 Å². The van der Waals surface area contributed by atoms with E-state index in [0.29, 0.717) is 22.6 Å². The molecule has 2 rings (SSSR count). The van der Waals surface area contributed by atoms with E-state index in [9.17, 15) is 14.3 Å². The molecule has 1 aromatic carbocycles.